The van der Waals surface area contributed by atoms with Crippen LogP contribution in [0.3, 0.4) is 0 Å². The Bertz CT molecular complexity index is 1320. The molecule has 1 fully saturated rings. The van der Waals surface area contributed by atoms with Crippen LogP contribution >= 0.6 is 0 Å². The number of rotatable bonds is 6. The molecule has 1 aliphatic heterocycles. The summed E-state index contributed by atoms with van der Waals surface area (Å²) in [5.74, 6) is 1.71. The minimum Gasteiger partial charge on any atom is -0.390 e. The highest BCUT2D eigenvalue weighted by Gasteiger charge is 2.15. The number of pyridine rings is 2. The molecule has 0 spiro atoms. The molecule has 8 nitrogen and oxygen atoms in total. The van der Waals surface area contributed by atoms with Crippen molar-refractivity contribution in [3.63, 3.8) is 0 Å². The number of aromatic nitrogens is 4. The van der Waals surface area contributed by atoms with Gasteiger partial charge in [-0.25, -0.2) is 9.97 Å². The average molecular weight is 456 g/mol. The molecule has 1 saturated heterocycles. The van der Waals surface area contributed by atoms with Crippen molar-refractivity contribution in [1.29, 1.82) is 0 Å². The van der Waals surface area contributed by atoms with Gasteiger partial charge in [-0.05, 0) is 42.3 Å². The number of hydrogen-bond donors (Lipinski definition) is 2. The second-order valence-electron chi connectivity index (χ2n) is 8.72. The van der Waals surface area contributed by atoms with Gasteiger partial charge in [0.1, 0.15) is 11.6 Å². The fourth-order valence-electron chi connectivity index (χ4n) is 4.28. The van der Waals surface area contributed by atoms with E-state index < -0.39 is 0 Å². The molecule has 0 amide bonds. The Morgan fingerprint density at radius 3 is 2.53 bits per heavy atom. The number of fused-ring (bicyclic) bond motifs is 1. The second kappa shape index (κ2) is 9.24. The standard InChI is InChI=1S/C26H29N7O/c1-18(20-6-7-26(28-14-20)33-10-8-31(2)9-11-33)30-25-13-22-12-19(4-5-21(22)15-27-25)23-16-29-32(3)24(23)17-34/h4-7,12-16,34H,1,8-11,17H2,2-3H3,(H,27,30). The van der Waals surface area contributed by atoms with Crippen molar-refractivity contribution in [1.82, 2.24) is 24.6 Å². The highest BCUT2D eigenvalue weighted by molar-refractivity contribution is 5.89. The molecule has 1 aliphatic rings. The highest BCUT2D eigenvalue weighted by atomic mass is 16.3. The minimum absolute atomic E-state index is 0.0610. The fourth-order valence-corrected chi connectivity index (χ4v) is 4.28. The third-order valence-electron chi connectivity index (χ3n) is 6.45. The summed E-state index contributed by atoms with van der Waals surface area (Å²) in [6.45, 7) is 8.21. The topological polar surface area (TPSA) is 82.3 Å². The van der Waals surface area contributed by atoms with Crippen LogP contribution in [0, 0.1) is 0 Å². The second-order valence-corrected chi connectivity index (χ2v) is 8.72. The smallest absolute Gasteiger partial charge is 0.130 e. The molecule has 3 aromatic heterocycles. The monoisotopic (exact) mass is 455 g/mol. The van der Waals surface area contributed by atoms with E-state index in [-0.39, 0.29) is 6.61 Å². The van der Waals surface area contributed by atoms with E-state index in [0.29, 0.717) is 5.82 Å². The Morgan fingerprint density at radius 2 is 1.79 bits per heavy atom. The fraction of sp³-hybridized carbons (Fsp3) is 0.269. The van der Waals surface area contributed by atoms with E-state index >= 15 is 0 Å². The van der Waals surface area contributed by atoms with Crippen molar-refractivity contribution >= 4 is 28.1 Å². The molecular weight excluding hydrogens is 426 g/mol. The van der Waals surface area contributed by atoms with Crippen molar-refractivity contribution in [2.75, 3.05) is 43.4 Å². The van der Waals surface area contributed by atoms with Gasteiger partial charge in [0.2, 0.25) is 0 Å². The molecule has 8 heteroatoms. The quantitative estimate of drug-likeness (QED) is 0.461. The van der Waals surface area contributed by atoms with Crippen molar-refractivity contribution in [3.8, 4) is 11.1 Å². The van der Waals surface area contributed by atoms with Gasteiger partial charge in [-0.15, -0.1) is 0 Å². The van der Waals surface area contributed by atoms with Crippen LogP contribution < -0.4 is 10.2 Å². The molecule has 0 saturated carbocycles. The first kappa shape index (κ1) is 22.1. The van der Waals surface area contributed by atoms with Crippen LogP contribution in [0.25, 0.3) is 27.6 Å². The molecule has 174 valence electrons. The molecule has 0 radical (unpaired) electrons. The Labute approximate surface area is 199 Å². The molecule has 0 aliphatic carbocycles. The highest BCUT2D eigenvalue weighted by Crippen LogP contribution is 2.28. The molecule has 2 N–H and O–H groups in total. The summed E-state index contributed by atoms with van der Waals surface area (Å²) in [5, 5.41) is 19.4. The number of anilines is 2. The van der Waals surface area contributed by atoms with Crippen LogP contribution in [-0.2, 0) is 13.7 Å². The zero-order chi connectivity index (χ0) is 23.7. The van der Waals surface area contributed by atoms with Crippen molar-refractivity contribution in [2.45, 2.75) is 6.61 Å². The van der Waals surface area contributed by atoms with Crippen molar-refractivity contribution in [2.24, 2.45) is 7.05 Å². The van der Waals surface area contributed by atoms with Crippen LogP contribution in [0.4, 0.5) is 11.6 Å². The van der Waals surface area contributed by atoms with E-state index in [9.17, 15) is 5.11 Å². The SMILES string of the molecule is C=C(Nc1cc2cc(-c3cnn(C)c3CO)ccc2cn1)c1ccc(N2CCN(C)CC2)nc1. The molecule has 4 heterocycles. The number of aliphatic hydroxyl groups excluding tert-OH is 1. The van der Waals surface area contributed by atoms with Gasteiger partial charge in [-0.1, -0.05) is 18.7 Å². The summed E-state index contributed by atoms with van der Waals surface area (Å²) in [6.07, 6.45) is 5.49. The van der Waals surface area contributed by atoms with Crippen LogP contribution in [-0.4, -0.2) is 63.0 Å². The predicted molar refractivity (Wildman–Crippen MR) is 136 cm³/mol. The lowest BCUT2D eigenvalue weighted by Gasteiger charge is -2.33. The van der Waals surface area contributed by atoms with Gasteiger partial charge in [0.15, 0.2) is 0 Å². The van der Waals surface area contributed by atoms with Crippen molar-refractivity contribution in [3.05, 3.63) is 72.8 Å². The zero-order valence-corrected chi connectivity index (χ0v) is 19.6. The molecule has 34 heavy (non-hydrogen) atoms. The van der Waals surface area contributed by atoms with Gasteiger partial charge < -0.3 is 20.2 Å². The number of nitrogens with zero attached hydrogens (tertiary/aromatic N) is 6. The lowest BCUT2D eigenvalue weighted by molar-refractivity contribution is 0.271. The maximum absolute atomic E-state index is 9.72. The largest absolute Gasteiger partial charge is 0.390 e. The molecular formula is C26H29N7O. The number of aryl methyl sites for hydroxylation is 1. The van der Waals surface area contributed by atoms with Gasteiger partial charge in [0.25, 0.3) is 0 Å². The number of aliphatic hydroxyl groups is 1. The maximum atomic E-state index is 9.72. The maximum Gasteiger partial charge on any atom is 0.130 e. The minimum atomic E-state index is -0.0610. The van der Waals surface area contributed by atoms with Gasteiger partial charge in [-0.3, -0.25) is 4.68 Å². The van der Waals surface area contributed by atoms with Crippen LogP contribution in [0.15, 0.2) is 61.6 Å². The summed E-state index contributed by atoms with van der Waals surface area (Å²) in [5.41, 5.74) is 4.39. The molecule has 0 atom stereocenters. The first-order valence-electron chi connectivity index (χ1n) is 11.4. The first-order valence-corrected chi connectivity index (χ1v) is 11.4. The third kappa shape index (κ3) is 4.37. The van der Waals surface area contributed by atoms with E-state index in [1.54, 1.807) is 10.9 Å². The molecule has 0 bridgehead atoms. The Morgan fingerprint density at radius 1 is 0.971 bits per heavy atom. The lowest BCUT2D eigenvalue weighted by Crippen LogP contribution is -2.44. The molecule has 1 aromatic carbocycles. The Kier molecular flexibility index (Phi) is 6.00. The van der Waals surface area contributed by atoms with Gasteiger partial charge >= 0.3 is 0 Å². The third-order valence-corrected chi connectivity index (χ3v) is 6.45. The Hall–Kier alpha value is -3.75. The molecule has 5 rings (SSSR count). The van der Waals surface area contributed by atoms with Gasteiger partial charge in [0, 0.05) is 67.8 Å². The molecule has 0 unspecified atom stereocenters. The summed E-state index contributed by atoms with van der Waals surface area (Å²) in [4.78, 5) is 13.9. The van der Waals surface area contributed by atoms with Gasteiger partial charge in [0.05, 0.1) is 18.5 Å². The zero-order valence-electron chi connectivity index (χ0n) is 19.6. The van der Waals surface area contributed by atoms with Gasteiger partial charge in [-0.2, -0.15) is 5.10 Å². The summed E-state index contributed by atoms with van der Waals surface area (Å²) >= 11 is 0. The van der Waals surface area contributed by atoms with E-state index in [2.05, 4.69) is 55.9 Å². The van der Waals surface area contributed by atoms with E-state index in [1.807, 2.05) is 43.7 Å². The molecule has 4 aromatic rings. The van der Waals surface area contributed by atoms with Crippen LogP contribution in [0.2, 0.25) is 0 Å². The predicted octanol–water partition coefficient (Wildman–Crippen LogP) is 3.36. The van der Waals surface area contributed by atoms with Crippen LogP contribution in [0.1, 0.15) is 11.3 Å². The lowest BCUT2D eigenvalue weighted by atomic mass is 10.0. The Balaban J connectivity index is 1.33. The van der Waals surface area contributed by atoms with E-state index in [0.717, 1.165) is 70.9 Å². The number of nitrogens with one attached hydrogen (secondary N) is 1. The summed E-state index contributed by atoms with van der Waals surface area (Å²) < 4.78 is 1.70. The van der Waals surface area contributed by atoms with Crippen molar-refractivity contribution < 1.29 is 5.11 Å². The number of benzene rings is 1. The summed E-state index contributed by atoms with van der Waals surface area (Å²) in [6, 6.07) is 12.3. The number of likely N-dealkylation sites (N-methyl/N-ethyl adjacent to an activating group) is 1. The first-order chi connectivity index (χ1) is 16.5. The van der Waals surface area contributed by atoms with E-state index in [4.69, 9.17) is 0 Å². The summed E-state index contributed by atoms with van der Waals surface area (Å²) in [7, 11) is 3.98. The number of hydrogen-bond acceptors (Lipinski definition) is 7. The number of piperazine rings is 1. The van der Waals surface area contributed by atoms with E-state index in [1.165, 1.54) is 0 Å². The average Bonchev–Trinajstić information content (AvgIpc) is 3.24. The van der Waals surface area contributed by atoms with Crippen LogP contribution in [0.5, 0.6) is 0 Å². The normalized spacial score (nSPS) is 14.5.